The first-order chi connectivity index (χ1) is 9.49. The van der Waals surface area contributed by atoms with Gasteiger partial charge in [-0.05, 0) is 24.3 Å². The van der Waals surface area contributed by atoms with E-state index in [0.29, 0.717) is 19.0 Å². The zero-order valence-electron chi connectivity index (χ0n) is 12.2. The van der Waals surface area contributed by atoms with Gasteiger partial charge in [-0.1, -0.05) is 37.3 Å². The van der Waals surface area contributed by atoms with E-state index < -0.39 is 10.2 Å². The van der Waals surface area contributed by atoms with Crippen molar-refractivity contribution in [3.05, 3.63) is 35.9 Å². The Kier molecular flexibility index (Phi) is 7.09. The molecule has 1 aromatic carbocycles. The van der Waals surface area contributed by atoms with Crippen LogP contribution in [0.2, 0.25) is 0 Å². The molecule has 1 fully saturated rings. The van der Waals surface area contributed by atoms with Crippen LogP contribution in [0.1, 0.15) is 31.4 Å². The van der Waals surface area contributed by atoms with Crippen LogP contribution < -0.4 is 10.5 Å². The van der Waals surface area contributed by atoms with Crippen LogP contribution in [0.15, 0.2) is 30.3 Å². The number of piperidine rings is 1. The maximum atomic E-state index is 12.2. The Bertz CT molecular complexity index is 516. The summed E-state index contributed by atoms with van der Waals surface area (Å²) in [6.45, 7) is 3.56. The average Bonchev–Trinajstić information content (AvgIpc) is 2.46. The summed E-state index contributed by atoms with van der Waals surface area (Å²) in [7, 11) is -3.41. The third-order valence-electron chi connectivity index (χ3n) is 3.80. The second-order valence-electron chi connectivity index (χ2n) is 5.45. The lowest BCUT2D eigenvalue weighted by atomic mass is 10.0. The van der Waals surface area contributed by atoms with Gasteiger partial charge in [0.05, 0.1) is 0 Å². The maximum Gasteiger partial charge on any atom is 0.279 e. The molecule has 7 heteroatoms. The van der Waals surface area contributed by atoms with Gasteiger partial charge in [0.2, 0.25) is 0 Å². The van der Waals surface area contributed by atoms with Gasteiger partial charge in [0.25, 0.3) is 10.2 Å². The van der Waals surface area contributed by atoms with Gasteiger partial charge >= 0.3 is 0 Å². The second-order valence-corrected chi connectivity index (χ2v) is 7.21. The van der Waals surface area contributed by atoms with Gasteiger partial charge in [-0.15, -0.1) is 12.4 Å². The summed E-state index contributed by atoms with van der Waals surface area (Å²) in [6, 6.07) is 9.19. The van der Waals surface area contributed by atoms with Crippen LogP contribution in [0, 0.1) is 5.92 Å². The molecule has 1 heterocycles. The van der Waals surface area contributed by atoms with Crippen molar-refractivity contribution >= 4 is 22.6 Å². The van der Waals surface area contributed by atoms with Crippen LogP contribution in [0.25, 0.3) is 0 Å². The predicted molar refractivity (Wildman–Crippen MR) is 87.5 cm³/mol. The fraction of sp³-hybridized carbons (Fsp3) is 0.571. The van der Waals surface area contributed by atoms with E-state index in [9.17, 15) is 8.42 Å². The number of nitrogens with zero attached hydrogens (tertiary/aromatic N) is 1. The lowest BCUT2D eigenvalue weighted by Crippen LogP contribution is -2.46. The number of benzene rings is 1. The minimum Gasteiger partial charge on any atom is -0.323 e. The van der Waals surface area contributed by atoms with Crippen molar-refractivity contribution in [3.63, 3.8) is 0 Å². The Hall–Kier alpha value is -0.660. The summed E-state index contributed by atoms with van der Waals surface area (Å²) in [6.07, 6.45) is 1.84. The van der Waals surface area contributed by atoms with Crippen LogP contribution in [-0.2, 0) is 10.2 Å². The zero-order chi connectivity index (χ0) is 14.6. The molecule has 1 unspecified atom stereocenters. The predicted octanol–water partition coefficient (Wildman–Crippen LogP) is 1.67. The molecular formula is C14H24ClN3O2S. The molecule has 3 N–H and O–H groups in total. The quantitative estimate of drug-likeness (QED) is 0.860. The standard InChI is InChI=1S/C14H23N3O2S.ClH/c1-12-7-9-17(10-8-12)20(18,19)16-11-14(15)13-5-3-2-4-6-13;/h2-6,12,14,16H,7-11,15H2,1H3;1H. The van der Waals surface area contributed by atoms with E-state index in [1.54, 1.807) is 0 Å². The summed E-state index contributed by atoms with van der Waals surface area (Å²) >= 11 is 0. The highest BCUT2D eigenvalue weighted by molar-refractivity contribution is 7.87. The molecule has 0 amide bonds. The van der Waals surface area contributed by atoms with Gasteiger partial charge in [-0.25, -0.2) is 4.72 Å². The van der Waals surface area contributed by atoms with Gasteiger partial charge in [0.15, 0.2) is 0 Å². The topological polar surface area (TPSA) is 75.4 Å². The number of hydrogen-bond acceptors (Lipinski definition) is 3. The Morgan fingerprint density at radius 3 is 2.43 bits per heavy atom. The van der Waals surface area contributed by atoms with Crippen LogP contribution in [0.3, 0.4) is 0 Å². The third-order valence-corrected chi connectivity index (χ3v) is 5.37. The number of rotatable bonds is 5. The summed E-state index contributed by atoms with van der Waals surface area (Å²) in [5.41, 5.74) is 6.94. The van der Waals surface area contributed by atoms with Crippen molar-refractivity contribution in [2.24, 2.45) is 11.7 Å². The maximum absolute atomic E-state index is 12.2. The molecule has 1 atom stereocenters. The zero-order valence-corrected chi connectivity index (χ0v) is 13.9. The molecule has 120 valence electrons. The second kappa shape index (κ2) is 8.10. The van der Waals surface area contributed by atoms with E-state index in [1.165, 1.54) is 4.31 Å². The molecule has 2 rings (SSSR count). The Morgan fingerprint density at radius 2 is 1.86 bits per heavy atom. The van der Waals surface area contributed by atoms with Gasteiger partial charge in [0, 0.05) is 25.7 Å². The van der Waals surface area contributed by atoms with Gasteiger partial charge in [-0.2, -0.15) is 12.7 Å². The van der Waals surface area contributed by atoms with Crippen LogP contribution in [0.4, 0.5) is 0 Å². The lowest BCUT2D eigenvalue weighted by molar-refractivity contribution is 0.285. The fourth-order valence-electron chi connectivity index (χ4n) is 2.33. The molecule has 1 saturated heterocycles. The highest BCUT2D eigenvalue weighted by atomic mass is 35.5. The summed E-state index contributed by atoms with van der Waals surface area (Å²) < 4.78 is 28.5. The highest BCUT2D eigenvalue weighted by Gasteiger charge is 2.26. The number of hydrogen-bond donors (Lipinski definition) is 2. The first-order valence-electron chi connectivity index (χ1n) is 7.04. The van der Waals surface area contributed by atoms with E-state index in [-0.39, 0.29) is 25.0 Å². The molecular weight excluding hydrogens is 310 g/mol. The number of nitrogens with two attached hydrogens (primary N) is 1. The van der Waals surface area contributed by atoms with Crippen molar-refractivity contribution in [2.75, 3.05) is 19.6 Å². The van der Waals surface area contributed by atoms with Gasteiger partial charge < -0.3 is 5.73 Å². The smallest absolute Gasteiger partial charge is 0.279 e. The Morgan fingerprint density at radius 1 is 1.29 bits per heavy atom. The largest absolute Gasteiger partial charge is 0.323 e. The normalized spacial score (nSPS) is 19.0. The van der Waals surface area contributed by atoms with Crippen molar-refractivity contribution < 1.29 is 8.42 Å². The van der Waals surface area contributed by atoms with E-state index >= 15 is 0 Å². The van der Waals surface area contributed by atoms with Crippen molar-refractivity contribution in [2.45, 2.75) is 25.8 Å². The lowest BCUT2D eigenvalue weighted by Gasteiger charge is -2.29. The Balaban J connectivity index is 0.00000220. The summed E-state index contributed by atoms with van der Waals surface area (Å²) in [4.78, 5) is 0. The van der Waals surface area contributed by atoms with Crippen LogP contribution in [-0.4, -0.2) is 32.4 Å². The first-order valence-corrected chi connectivity index (χ1v) is 8.48. The molecule has 0 aliphatic carbocycles. The minimum absolute atomic E-state index is 0. The van der Waals surface area contributed by atoms with E-state index in [1.807, 2.05) is 30.3 Å². The SMILES string of the molecule is CC1CCN(S(=O)(=O)NCC(N)c2ccccc2)CC1.Cl. The molecule has 0 spiro atoms. The fourth-order valence-corrected chi connectivity index (χ4v) is 3.59. The minimum atomic E-state index is -3.41. The van der Waals surface area contributed by atoms with E-state index in [0.717, 1.165) is 18.4 Å². The van der Waals surface area contributed by atoms with Crippen molar-refractivity contribution in [3.8, 4) is 0 Å². The molecule has 1 aliphatic heterocycles. The van der Waals surface area contributed by atoms with E-state index in [4.69, 9.17) is 5.73 Å². The van der Waals surface area contributed by atoms with Crippen molar-refractivity contribution in [1.82, 2.24) is 9.03 Å². The number of halogens is 1. The van der Waals surface area contributed by atoms with Gasteiger partial charge in [0.1, 0.15) is 0 Å². The van der Waals surface area contributed by atoms with Crippen LogP contribution >= 0.6 is 12.4 Å². The van der Waals surface area contributed by atoms with Crippen LogP contribution in [0.5, 0.6) is 0 Å². The molecule has 1 aromatic rings. The monoisotopic (exact) mass is 333 g/mol. The van der Waals surface area contributed by atoms with Gasteiger partial charge in [-0.3, -0.25) is 0 Å². The molecule has 21 heavy (non-hydrogen) atoms. The molecule has 0 radical (unpaired) electrons. The summed E-state index contributed by atoms with van der Waals surface area (Å²) in [5.74, 6) is 0.605. The molecule has 0 aromatic heterocycles. The molecule has 0 bridgehead atoms. The Labute approximate surface area is 133 Å². The highest BCUT2D eigenvalue weighted by Crippen LogP contribution is 2.18. The molecule has 0 saturated carbocycles. The first kappa shape index (κ1) is 18.4. The average molecular weight is 334 g/mol. The molecule has 5 nitrogen and oxygen atoms in total. The summed E-state index contributed by atoms with van der Waals surface area (Å²) in [5, 5.41) is 0. The molecule has 1 aliphatic rings. The number of nitrogens with one attached hydrogen (secondary N) is 1. The van der Waals surface area contributed by atoms with E-state index in [2.05, 4.69) is 11.6 Å². The third kappa shape index (κ3) is 5.23. The van der Waals surface area contributed by atoms with Crippen molar-refractivity contribution in [1.29, 1.82) is 0 Å².